The maximum Gasteiger partial charge on any atom is 0.224 e. The predicted molar refractivity (Wildman–Crippen MR) is 76.9 cm³/mol. The quantitative estimate of drug-likeness (QED) is 0.881. The van der Waals surface area contributed by atoms with Crippen LogP contribution in [0.1, 0.15) is 25.1 Å². The minimum atomic E-state index is 0.0516. The van der Waals surface area contributed by atoms with E-state index in [1.807, 2.05) is 29.4 Å². The summed E-state index contributed by atoms with van der Waals surface area (Å²) in [6.45, 7) is 5.79. The van der Waals surface area contributed by atoms with Crippen molar-refractivity contribution in [2.24, 2.45) is 5.92 Å². The summed E-state index contributed by atoms with van der Waals surface area (Å²) in [4.78, 5) is 15.9. The Morgan fingerprint density at radius 2 is 2.37 bits per heavy atom. The fourth-order valence-electron chi connectivity index (χ4n) is 1.88. The third kappa shape index (κ3) is 4.21. The minimum absolute atomic E-state index is 0.0516. The lowest BCUT2D eigenvalue weighted by Gasteiger charge is -2.11. The molecule has 0 atom stereocenters. The molecule has 0 aliphatic rings. The van der Waals surface area contributed by atoms with Gasteiger partial charge in [-0.1, -0.05) is 13.8 Å². The molecule has 0 saturated carbocycles. The molecule has 102 valence electrons. The second-order valence-corrected chi connectivity index (χ2v) is 5.80. The SMILES string of the molecule is CC(C)Cn1cncc1CNC(=O)Cc1ccsc1. The molecule has 4 nitrogen and oxygen atoms in total. The first-order valence-corrected chi connectivity index (χ1v) is 7.36. The molecule has 0 aromatic carbocycles. The van der Waals surface area contributed by atoms with Gasteiger partial charge in [0.25, 0.3) is 0 Å². The van der Waals surface area contributed by atoms with Crippen LogP contribution >= 0.6 is 11.3 Å². The van der Waals surface area contributed by atoms with Crippen molar-refractivity contribution >= 4 is 17.2 Å². The van der Waals surface area contributed by atoms with E-state index in [-0.39, 0.29) is 5.91 Å². The third-order valence-corrected chi connectivity index (χ3v) is 3.50. The number of carbonyl (C=O) groups excluding carboxylic acids is 1. The summed E-state index contributed by atoms with van der Waals surface area (Å²) < 4.78 is 2.09. The van der Waals surface area contributed by atoms with E-state index < -0.39 is 0 Å². The van der Waals surface area contributed by atoms with Crippen LogP contribution < -0.4 is 5.32 Å². The molecule has 0 unspecified atom stereocenters. The van der Waals surface area contributed by atoms with Gasteiger partial charge >= 0.3 is 0 Å². The van der Waals surface area contributed by atoms with Crippen LogP contribution in [0.4, 0.5) is 0 Å². The molecule has 0 saturated heterocycles. The molecule has 2 aromatic heterocycles. The van der Waals surface area contributed by atoms with Crippen LogP contribution in [0.3, 0.4) is 0 Å². The first-order valence-electron chi connectivity index (χ1n) is 6.42. The molecule has 2 aromatic rings. The van der Waals surface area contributed by atoms with Crippen LogP contribution in [0.25, 0.3) is 0 Å². The standard InChI is InChI=1S/C14H19N3OS/c1-11(2)8-17-10-15-6-13(17)7-16-14(18)5-12-3-4-19-9-12/h3-4,6,9-11H,5,7-8H2,1-2H3,(H,16,18). The van der Waals surface area contributed by atoms with E-state index in [4.69, 9.17) is 0 Å². The molecule has 0 bridgehead atoms. The average Bonchev–Trinajstić information content (AvgIpc) is 2.97. The second-order valence-electron chi connectivity index (χ2n) is 5.02. The number of hydrogen-bond acceptors (Lipinski definition) is 3. The van der Waals surface area contributed by atoms with Crippen molar-refractivity contribution in [3.63, 3.8) is 0 Å². The molecule has 0 fully saturated rings. The molecule has 1 N–H and O–H groups in total. The molecule has 0 radical (unpaired) electrons. The Kier molecular flexibility index (Phi) is 4.74. The molecule has 2 heterocycles. The van der Waals surface area contributed by atoms with Crippen LogP contribution in [-0.4, -0.2) is 15.5 Å². The number of nitrogens with zero attached hydrogens (tertiary/aromatic N) is 2. The Bertz CT molecular complexity index is 517. The Labute approximate surface area is 117 Å². The maximum absolute atomic E-state index is 11.8. The van der Waals surface area contributed by atoms with Gasteiger partial charge in [-0.05, 0) is 28.3 Å². The van der Waals surface area contributed by atoms with E-state index in [1.54, 1.807) is 11.3 Å². The van der Waals surface area contributed by atoms with Crippen molar-refractivity contribution in [2.45, 2.75) is 33.4 Å². The van der Waals surface area contributed by atoms with Crippen molar-refractivity contribution < 1.29 is 4.79 Å². The second kappa shape index (κ2) is 6.52. The number of nitrogens with one attached hydrogen (secondary N) is 1. The Hall–Kier alpha value is -1.62. The number of rotatable bonds is 6. The lowest BCUT2D eigenvalue weighted by molar-refractivity contribution is -0.120. The zero-order valence-electron chi connectivity index (χ0n) is 11.3. The van der Waals surface area contributed by atoms with E-state index >= 15 is 0 Å². The molecular formula is C14H19N3OS. The van der Waals surface area contributed by atoms with Gasteiger partial charge in [-0.3, -0.25) is 4.79 Å². The summed E-state index contributed by atoms with van der Waals surface area (Å²) in [5.74, 6) is 0.616. The first-order chi connectivity index (χ1) is 9.15. The maximum atomic E-state index is 11.8. The first kappa shape index (κ1) is 13.8. The van der Waals surface area contributed by atoms with Gasteiger partial charge < -0.3 is 9.88 Å². The number of aromatic nitrogens is 2. The number of carbonyl (C=O) groups is 1. The van der Waals surface area contributed by atoms with Gasteiger partial charge in [0, 0.05) is 12.7 Å². The highest BCUT2D eigenvalue weighted by molar-refractivity contribution is 7.07. The molecule has 0 spiro atoms. The molecule has 2 rings (SSSR count). The summed E-state index contributed by atoms with van der Waals surface area (Å²) in [6.07, 6.45) is 4.08. The minimum Gasteiger partial charge on any atom is -0.350 e. The Balaban J connectivity index is 1.85. The van der Waals surface area contributed by atoms with Crippen molar-refractivity contribution in [2.75, 3.05) is 0 Å². The van der Waals surface area contributed by atoms with Crippen LogP contribution in [-0.2, 0) is 24.3 Å². The van der Waals surface area contributed by atoms with Gasteiger partial charge in [0.2, 0.25) is 5.91 Å². The van der Waals surface area contributed by atoms with Crippen LogP contribution in [0, 0.1) is 5.92 Å². The van der Waals surface area contributed by atoms with Gasteiger partial charge in [0.1, 0.15) is 0 Å². The highest BCUT2D eigenvalue weighted by atomic mass is 32.1. The molecule has 1 amide bonds. The van der Waals surface area contributed by atoms with E-state index in [0.717, 1.165) is 17.8 Å². The highest BCUT2D eigenvalue weighted by Crippen LogP contribution is 2.07. The van der Waals surface area contributed by atoms with Gasteiger partial charge in [-0.25, -0.2) is 4.98 Å². The Morgan fingerprint density at radius 1 is 1.53 bits per heavy atom. The van der Waals surface area contributed by atoms with Crippen molar-refractivity contribution in [3.8, 4) is 0 Å². The highest BCUT2D eigenvalue weighted by Gasteiger charge is 2.07. The zero-order valence-corrected chi connectivity index (χ0v) is 12.1. The van der Waals surface area contributed by atoms with E-state index in [2.05, 4.69) is 28.7 Å². The van der Waals surface area contributed by atoms with Crippen molar-refractivity contribution in [3.05, 3.63) is 40.6 Å². The predicted octanol–water partition coefficient (Wildman–Crippen LogP) is 2.46. The summed E-state index contributed by atoms with van der Waals surface area (Å²) in [5, 5.41) is 6.93. The van der Waals surface area contributed by atoms with E-state index in [9.17, 15) is 4.79 Å². The number of amides is 1. The summed E-state index contributed by atoms with van der Waals surface area (Å²) in [7, 11) is 0. The average molecular weight is 277 g/mol. The van der Waals surface area contributed by atoms with Crippen LogP contribution in [0.5, 0.6) is 0 Å². The number of imidazole rings is 1. The topological polar surface area (TPSA) is 46.9 Å². The lowest BCUT2D eigenvalue weighted by Crippen LogP contribution is -2.25. The summed E-state index contributed by atoms with van der Waals surface area (Å²) >= 11 is 1.61. The molecule has 0 aliphatic carbocycles. The molecule has 5 heteroatoms. The molecular weight excluding hydrogens is 258 g/mol. The fourth-order valence-corrected chi connectivity index (χ4v) is 2.55. The number of thiophene rings is 1. The van der Waals surface area contributed by atoms with Gasteiger partial charge in [-0.15, -0.1) is 0 Å². The van der Waals surface area contributed by atoms with E-state index in [0.29, 0.717) is 18.9 Å². The molecule has 19 heavy (non-hydrogen) atoms. The molecule has 0 aliphatic heterocycles. The van der Waals surface area contributed by atoms with Crippen LogP contribution in [0.2, 0.25) is 0 Å². The van der Waals surface area contributed by atoms with Gasteiger partial charge in [0.05, 0.1) is 25.0 Å². The largest absolute Gasteiger partial charge is 0.350 e. The normalized spacial score (nSPS) is 10.9. The number of hydrogen-bond donors (Lipinski definition) is 1. The smallest absolute Gasteiger partial charge is 0.224 e. The van der Waals surface area contributed by atoms with Gasteiger partial charge in [0.15, 0.2) is 0 Å². The van der Waals surface area contributed by atoms with E-state index in [1.165, 1.54) is 0 Å². The Morgan fingerprint density at radius 3 is 3.05 bits per heavy atom. The summed E-state index contributed by atoms with van der Waals surface area (Å²) in [5.41, 5.74) is 2.12. The van der Waals surface area contributed by atoms with Crippen molar-refractivity contribution in [1.29, 1.82) is 0 Å². The zero-order chi connectivity index (χ0) is 13.7. The van der Waals surface area contributed by atoms with Crippen molar-refractivity contribution in [1.82, 2.24) is 14.9 Å². The van der Waals surface area contributed by atoms with Crippen LogP contribution in [0.15, 0.2) is 29.4 Å². The summed E-state index contributed by atoms with van der Waals surface area (Å²) in [6, 6.07) is 1.98. The third-order valence-electron chi connectivity index (χ3n) is 2.77. The fraction of sp³-hybridized carbons (Fsp3) is 0.429. The van der Waals surface area contributed by atoms with Gasteiger partial charge in [-0.2, -0.15) is 11.3 Å². The lowest BCUT2D eigenvalue weighted by atomic mass is 10.2. The monoisotopic (exact) mass is 277 g/mol.